The van der Waals surface area contributed by atoms with Crippen molar-refractivity contribution in [3.05, 3.63) is 29.8 Å². The monoisotopic (exact) mass is 409 g/mol. The molecule has 1 aromatic rings. The van der Waals surface area contributed by atoms with Gasteiger partial charge < -0.3 is 9.47 Å². The van der Waals surface area contributed by atoms with Crippen LogP contribution in [0.1, 0.15) is 12.0 Å². The summed E-state index contributed by atoms with van der Waals surface area (Å²) in [5.74, 6) is 0. The molecule has 2 aliphatic rings. The molecule has 0 amide bonds. The number of hydrogen-bond donors (Lipinski definition) is 1. The number of fused-ring (bicyclic) bond motifs is 2. The van der Waals surface area contributed by atoms with Gasteiger partial charge in [0.1, 0.15) is 0 Å². The van der Waals surface area contributed by atoms with Gasteiger partial charge in [0, 0.05) is 3.92 Å². The molecule has 0 aromatic heterocycles. The molecule has 2 aliphatic heterocycles. The SMILES string of the molecule is Cc1ccc(S(=O)(=O)N[C@H]2[C@@H]3OC[C@H](C[C@H]2I)O3)cc1. The topological polar surface area (TPSA) is 64.6 Å². The highest BCUT2D eigenvalue weighted by molar-refractivity contribution is 14.1. The summed E-state index contributed by atoms with van der Waals surface area (Å²) in [5.41, 5.74) is 1.03. The molecule has 0 saturated carbocycles. The lowest BCUT2D eigenvalue weighted by Crippen LogP contribution is -2.52. The summed E-state index contributed by atoms with van der Waals surface area (Å²) < 4.78 is 38.8. The number of hydrogen-bond acceptors (Lipinski definition) is 4. The van der Waals surface area contributed by atoms with Gasteiger partial charge in [-0.2, -0.15) is 0 Å². The Labute approximate surface area is 132 Å². The van der Waals surface area contributed by atoms with Crippen LogP contribution in [0.4, 0.5) is 0 Å². The highest BCUT2D eigenvalue weighted by Gasteiger charge is 2.44. The minimum Gasteiger partial charge on any atom is -0.348 e. The fourth-order valence-electron chi connectivity index (χ4n) is 2.44. The minimum atomic E-state index is -3.55. The van der Waals surface area contributed by atoms with E-state index in [4.69, 9.17) is 9.47 Å². The number of aryl methyl sites for hydroxylation is 1. The van der Waals surface area contributed by atoms with Crippen LogP contribution in [0.5, 0.6) is 0 Å². The van der Waals surface area contributed by atoms with Gasteiger partial charge >= 0.3 is 0 Å². The van der Waals surface area contributed by atoms with Crippen molar-refractivity contribution in [3.8, 4) is 0 Å². The van der Waals surface area contributed by atoms with E-state index in [2.05, 4.69) is 27.3 Å². The van der Waals surface area contributed by atoms with E-state index in [1.165, 1.54) is 0 Å². The molecule has 2 fully saturated rings. The zero-order chi connectivity index (χ0) is 14.3. The Morgan fingerprint density at radius 3 is 2.70 bits per heavy atom. The van der Waals surface area contributed by atoms with Gasteiger partial charge in [-0.15, -0.1) is 0 Å². The largest absolute Gasteiger partial charge is 0.348 e. The maximum Gasteiger partial charge on any atom is 0.241 e. The zero-order valence-electron chi connectivity index (χ0n) is 11.0. The third kappa shape index (κ3) is 2.87. The number of sulfonamides is 1. The van der Waals surface area contributed by atoms with Crippen molar-refractivity contribution >= 4 is 32.6 Å². The highest BCUT2D eigenvalue weighted by Crippen LogP contribution is 2.32. The molecular weight excluding hydrogens is 393 g/mol. The Morgan fingerprint density at radius 2 is 2.00 bits per heavy atom. The molecule has 0 spiro atoms. The molecule has 2 heterocycles. The van der Waals surface area contributed by atoms with E-state index in [0.29, 0.717) is 6.61 Å². The fourth-order valence-corrected chi connectivity index (χ4v) is 5.04. The summed E-state index contributed by atoms with van der Waals surface area (Å²) in [6.07, 6.45) is 0.427. The molecule has 1 N–H and O–H groups in total. The molecule has 4 atom stereocenters. The highest BCUT2D eigenvalue weighted by atomic mass is 127. The van der Waals surface area contributed by atoms with Gasteiger partial charge in [-0.3, -0.25) is 0 Å². The number of alkyl halides is 1. The van der Waals surface area contributed by atoms with Gasteiger partial charge in [-0.1, -0.05) is 40.3 Å². The van der Waals surface area contributed by atoms with Gasteiger partial charge in [-0.05, 0) is 25.5 Å². The maximum absolute atomic E-state index is 12.4. The molecule has 1 aromatic carbocycles. The number of nitrogens with one attached hydrogen (secondary N) is 1. The molecule has 7 heteroatoms. The standard InChI is InChI=1S/C13H16INO4S/c1-8-2-4-10(5-3-8)20(16,17)15-12-11(14)6-9-7-18-13(12)19-9/h2-5,9,11-13,15H,6-7H2,1H3/t9-,11+,12+,13+/m0/s1. The number of rotatable bonds is 3. The molecule has 0 radical (unpaired) electrons. The number of ether oxygens (including phenoxy) is 2. The van der Waals surface area contributed by atoms with Crippen molar-refractivity contribution in [3.63, 3.8) is 0 Å². The predicted molar refractivity (Wildman–Crippen MR) is 82.3 cm³/mol. The molecule has 2 saturated heterocycles. The first kappa shape index (κ1) is 14.7. The first-order chi connectivity index (χ1) is 9.45. The van der Waals surface area contributed by atoms with Crippen molar-refractivity contribution in [1.29, 1.82) is 0 Å². The van der Waals surface area contributed by atoms with E-state index >= 15 is 0 Å². The van der Waals surface area contributed by atoms with Crippen LogP contribution in [-0.4, -0.2) is 37.4 Å². The Balaban J connectivity index is 1.80. The van der Waals surface area contributed by atoms with E-state index in [1.54, 1.807) is 24.3 Å². The lowest BCUT2D eigenvalue weighted by Gasteiger charge is -2.32. The molecule has 5 nitrogen and oxygen atoms in total. The summed E-state index contributed by atoms with van der Waals surface area (Å²) in [7, 11) is -3.55. The Morgan fingerprint density at radius 1 is 1.30 bits per heavy atom. The van der Waals surface area contributed by atoms with Crippen molar-refractivity contribution in [2.45, 2.75) is 40.6 Å². The van der Waals surface area contributed by atoms with E-state index in [-0.39, 0.29) is 21.0 Å². The lowest BCUT2D eigenvalue weighted by atomic mass is 10.1. The Hall–Kier alpha value is -0.220. The van der Waals surface area contributed by atoms with Crippen LogP contribution >= 0.6 is 22.6 Å². The van der Waals surface area contributed by atoms with Crippen LogP contribution in [0.2, 0.25) is 0 Å². The second kappa shape index (κ2) is 5.53. The van der Waals surface area contributed by atoms with Gasteiger partial charge in [0.2, 0.25) is 10.0 Å². The normalized spacial score (nSPS) is 33.3. The van der Waals surface area contributed by atoms with Crippen LogP contribution in [0.15, 0.2) is 29.2 Å². The molecule has 2 bridgehead atoms. The smallest absolute Gasteiger partial charge is 0.241 e. The van der Waals surface area contributed by atoms with Crippen LogP contribution in [0.25, 0.3) is 0 Å². The summed E-state index contributed by atoms with van der Waals surface area (Å²) in [6, 6.07) is 6.45. The van der Waals surface area contributed by atoms with Crippen LogP contribution in [-0.2, 0) is 19.5 Å². The van der Waals surface area contributed by atoms with Gasteiger partial charge in [0.25, 0.3) is 0 Å². The first-order valence-corrected chi connectivity index (χ1v) is 9.19. The first-order valence-electron chi connectivity index (χ1n) is 6.46. The summed E-state index contributed by atoms with van der Waals surface area (Å²) in [5, 5.41) is 0. The maximum atomic E-state index is 12.4. The van der Waals surface area contributed by atoms with Crippen LogP contribution in [0, 0.1) is 6.92 Å². The summed E-state index contributed by atoms with van der Waals surface area (Å²) in [6.45, 7) is 2.47. The second-order valence-electron chi connectivity index (χ2n) is 5.17. The van der Waals surface area contributed by atoms with E-state index in [0.717, 1.165) is 12.0 Å². The van der Waals surface area contributed by atoms with Crippen LogP contribution in [0.3, 0.4) is 0 Å². The third-order valence-electron chi connectivity index (χ3n) is 3.57. The van der Waals surface area contributed by atoms with Crippen molar-refractivity contribution in [2.24, 2.45) is 0 Å². The number of benzene rings is 1. The van der Waals surface area contributed by atoms with Crippen molar-refractivity contribution < 1.29 is 17.9 Å². The fraction of sp³-hybridized carbons (Fsp3) is 0.538. The Kier molecular flexibility index (Phi) is 4.06. The summed E-state index contributed by atoms with van der Waals surface area (Å²) in [4.78, 5) is 0.270. The van der Waals surface area contributed by atoms with Gasteiger partial charge in [0.05, 0.1) is 23.6 Å². The third-order valence-corrected chi connectivity index (χ3v) is 6.32. The average molecular weight is 409 g/mol. The molecule has 0 unspecified atom stereocenters. The van der Waals surface area contributed by atoms with Crippen LogP contribution < -0.4 is 4.72 Å². The molecular formula is C13H16INO4S. The average Bonchev–Trinajstić information content (AvgIpc) is 2.79. The van der Waals surface area contributed by atoms with E-state index in [1.807, 2.05) is 6.92 Å². The van der Waals surface area contributed by atoms with E-state index < -0.39 is 16.3 Å². The lowest BCUT2D eigenvalue weighted by molar-refractivity contribution is -0.0941. The van der Waals surface area contributed by atoms with Gasteiger partial charge in [0.15, 0.2) is 6.29 Å². The van der Waals surface area contributed by atoms with Crippen molar-refractivity contribution in [2.75, 3.05) is 6.61 Å². The molecule has 110 valence electrons. The zero-order valence-corrected chi connectivity index (χ0v) is 13.9. The van der Waals surface area contributed by atoms with E-state index in [9.17, 15) is 8.42 Å². The molecule has 0 aliphatic carbocycles. The molecule has 3 rings (SSSR count). The Bertz CT molecular complexity index is 589. The molecule has 20 heavy (non-hydrogen) atoms. The number of halogens is 1. The minimum absolute atomic E-state index is 0.0991. The second-order valence-corrected chi connectivity index (χ2v) is 8.49. The predicted octanol–water partition coefficient (Wildman–Crippen LogP) is 1.59. The summed E-state index contributed by atoms with van der Waals surface area (Å²) >= 11 is 2.27. The van der Waals surface area contributed by atoms with Crippen molar-refractivity contribution in [1.82, 2.24) is 4.72 Å². The quantitative estimate of drug-likeness (QED) is 0.609. The van der Waals surface area contributed by atoms with Gasteiger partial charge in [-0.25, -0.2) is 13.1 Å².